The first kappa shape index (κ1) is 21.2. The van der Waals surface area contributed by atoms with Gasteiger partial charge in [-0.2, -0.15) is 0 Å². The van der Waals surface area contributed by atoms with Gasteiger partial charge < -0.3 is 20.5 Å². The number of carbonyl (C=O) groups excluding carboxylic acids is 2. The molecule has 8 heteroatoms. The number of ether oxygens (including phenoxy) is 1. The second kappa shape index (κ2) is 9.02. The lowest BCUT2D eigenvalue weighted by Crippen LogP contribution is -2.51. The Morgan fingerprint density at radius 2 is 1.72 bits per heavy atom. The van der Waals surface area contributed by atoms with Crippen molar-refractivity contribution in [2.24, 2.45) is 0 Å². The smallest absolute Gasteiger partial charge is 0.408 e. The van der Waals surface area contributed by atoms with E-state index >= 15 is 0 Å². The molecule has 0 radical (unpaired) electrons. The third-order valence-electron chi connectivity index (χ3n) is 3.09. The van der Waals surface area contributed by atoms with Gasteiger partial charge >= 0.3 is 12.1 Å². The molecule has 0 saturated heterocycles. The van der Waals surface area contributed by atoms with E-state index in [-0.39, 0.29) is 6.42 Å². The van der Waals surface area contributed by atoms with E-state index in [2.05, 4.69) is 33.2 Å². The van der Waals surface area contributed by atoms with Crippen molar-refractivity contribution < 1.29 is 24.2 Å². The van der Waals surface area contributed by atoms with Crippen molar-refractivity contribution in [3.8, 4) is 0 Å². The van der Waals surface area contributed by atoms with Gasteiger partial charge in [0, 0.05) is 9.99 Å². The van der Waals surface area contributed by atoms with E-state index in [4.69, 9.17) is 4.74 Å². The number of rotatable bonds is 6. The van der Waals surface area contributed by atoms with Crippen LogP contribution in [0.3, 0.4) is 0 Å². The summed E-state index contributed by atoms with van der Waals surface area (Å²) in [5, 5.41) is 14.1. The van der Waals surface area contributed by atoms with Crippen molar-refractivity contribution in [2.75, 3.05) is 0 Å². The number of carboxylic acid groups (broad SMARTS) is 1. The average molecular weight is 462 g/mol. The molecule has 138 valence electrons. The molecular weight excluding hydrogens is 439 g/mol. The highest BCUT2D eigenvalue weighted by atomic mass is 127. The summed E-state index contributed by atoms with van der Waals surface area (Å²) in [4.78, 5) is 35.3. The number of halogens is 1. The highest BCUT2D eigenvalue weighted by Crippen LogP contribution is 2.10. The monoisotopic (exact) mass is 462 g/mol. The van der Waals surface area contributed by atoms with E-state index in [1.807, 2.05) is 24.3 Å². The Kier molecular flexibility index (Phi) is 7.65. The first-order chi connectivity index (χ1) is 11.5. The van der Waals surface area contributed by atoms with E-state index in [0.29, 0.717) is 0 Å². The number of benzene rings is 1. The van der Waals surface area contributed by atoms with Crippen molar-refractivity contribution in [2.45, 2.75) is 51.8 Å². The van der Waals surface area contributed by atoms with Crippen molar-refractivity contribution in [3.05, 3.63) is 33.4 Å². The van der Waals surface area contributed by atoms with Crippen LogP contribution in [0.25, 0.3) is 0 Å². The van der Waals surface area contributed by atoms with Gasteiger partial charge in [-0.1, -0.05) is 12.1 Å². The van der Waals surface area contributed by atoms with E-state index in [1.54, 1.807) is 20.8 Å². The number of alkyl carbamates (subject to hydrolysis) is 1. The molecule has 0 unspecified atom stereocenters. The fraction of sp³-hybridized carbons (Fsp3) is 0.471. The van der Waals surface area contributed by atoms with Gasteiger partial charge in [0.25, 0.3) is 0 Å². The molecule has 0 heterocycles. The number of carbonyl (C=O) groups is 3. The minimum absolute atomic E-state index is 0.150. The first-order valence-corrected chi connectivity index (χ1v) is 8.83. The number of nitrogens with one attached hydrogen (secondary N) is 2. The summed E-state index contributed by atoms with van der Waals surface area (Å²) in [5.74, 6) is -1.74. The summed E-state index contributed by atoms with van der Waals surface area (Å²) in [5.41, 5.74) is 0.107. The molecule has 7 nitrogen and oxygen atoms in total. The van der Waals surface area contributed by atoms with Gasteiger partial charge in [-0.15, -0.1) is 0 Å². The average Bonchev–Trinajstić information content (AvgIpc) is 2.46. The Bertz CT molecular complexity index is 625. The molecule has 0 aliphatic heterocycles. The minimum Gasteiger partial charge on any atom is -0.480 e. The second-order valence-electron chi connectivity index (χ2n) is 6.60. The number of hydrogen-bond donors (Lipinski definition) is 3. The molecule has 1 rings (SSSR count). The maximum Gasteiger partial charge on any atom is 0.408 e. The summed E-state index contributed by atoms with van der Waals surface area (Å²) in [6.07, 6.45) is -0.586. The third-order valence-corrected chi connectivity index (χ3v) is 3.81. The molecule has 0 saturated carbocycles. The van der Waals surface area contributed by atoms with Gasteiger partial charge in [0.2, 0.25) is 5.91 Å². The van der Waals surface area contributed by atoms with Gasteiger partial charge in [0.05, 0.1) is 0 Å². The predicted octanol–water partition coefficient (Wildman–Crippen LogP) is 2.32. The molecule has 1 aromatic rings. The van der Waals surface area contributed by atoms with Gasteiger partial charge in [0.1, 0.15) is 17.7 Å². The zero-order valence-corrected chi connectivity index (χ0v) is 16.8. The fourth-order valence-electron chi connectivity index (χ4n) is 1.90. The molecule has 0 bridgehead atoms. The maximum absolute atomic E-state index is 12.2. The minimum atomic E-state index is -1.14. The summed E-state index contributed by atoms with van der Waals surface area (Å²) < 4.78 is 6.11. The summed E-state index contributed by atoms with van der Waals surface area (Å²) in [7, 11) is 0. The van der Waals surface area contributed by atoms with Crippen LogP contribution in [-0.2, 0) is 20.7 Å². The summed E-state index contributed by atoms with van der Waals surface area (Å²) in [6, 6.07) is 5.34. The highest BCUT2D eigenvalue weighted by Gasteiger charge is 2.25. The van der Waals surface area contributed by atoms with E-state index in [9.17, 15) is 19.5 Å². The van der Waals surface area contributed by atoms with E-state index in [1.165, 1.54) is 6.92 Å². The zero-order chi connectivity index (χ0) is 19.2. The molecule has 25 heavy (non-hydrogen) atoms. The largest absolute Gasteiger partial charge is 0.480 e. The molecule has 0 spiro atoms. The van der Waals surface area contributed by atoms with Crippen LogP contribution in [-0.4, -0.2) is 40.8 Å². The Labute approximate surface area is 160 Å². The fourth-order valence-corrected chi connectivity index (χ4v) is 2.26. The van der Waals surface area contributed by atoms with E-state index < -0.39 is 35.7 Å². The lowest BCUT2D eigenvalue weighted by Gasteiger charge is -2.22. The van der Waals surface area contributed by atoms with Crippen LogP contribution in [0, 0.1) is 3.57 Å². The predicted molar refractivity (Wildman–Crippen MR) is 101 cm³/mol. The molecule has 0 aliphatic rings. The molecule has 2 amide bonds. The Morgan fingerprint density at radius 3 is 2.20 bits per heavy atom. The summed E-state index contributed by atoms with van der Waals surface area (Å²) >= 11 is 2.15. The number of carboxylic acids is 1. The Morgan fingerprint density at radius 1 is 1.16 bits per heavy atom. The van der Waals surface area contributed by atoms with Gasteiger partial charge in [0.15, 0.2) is 0 Å². The van der Waals surface area contributed by atoms with Crippen LogP contribution in [0.2, 0.25) is 0 Å². The van der Waals surface area contributed by atoms with Crippen molar-refractivity contribution >= 4 is 40.6 Å². The van der Waals surface area contributed by atoms with Gasteiger partial charge in [-0.25, -0.2) is 9.59 Å². The molecule has 0 aromatic heterocycles. The van der Waals surface area contributed by atoms with Crippen molar-refractivity contribution in [1.29, 1.82) is 0 Å². The molecular formula is C17H23IN2O5. The van der Waals surface area contributed by atoms with Crippen LogP contribution in [0.4, 0.5) is 4.79 Å². The number of aliphatic carboxylic acids is 1. The normalized spacial score (nSPS) is 13.5. The summed E-state index contributed by atoms with van der Waals surface area (Å²) in [6.45, 7) is 6.58. The third kappa shape index (κ3) is 8.19. The lowest BCUT2D eigenvalue weighted by atomic mass is 10.1. The van der Waals surface area contributed by atoms with Crippen molar-refractivity contribution in [1.82, 2.24) is 10.6 Å². The highest BCUT2D eigenvalue weighted by molar-refractivity contribution is 14.1. The quantitative estimate of drug-likeness (QED) is 0.563. The topological polar surface area (TPSA) is 105 Å². The van der Waals surface area contributed by atoms with Gasteiger partial charge in [-0.3, -0.25) is 4.79 Å². The van der Waals surface area contributed by atoms with Crippen LogP contribution >= 0.6 is 22.6 Å². The van der Waals surface area contributed by atoms with Crippen LogP contribution in [0.5, 0.6) is 0 Å². The number of hydrogen-bond acceptors (Lipinski definition) is 4. The molecule has 1 aromatic carbocycles. The molecule has 3 N–H and O–H groups in total. The van der Waals surface area contributed by atoms with Crippen LogP contribution in [0.1, 0.15) is 33.3 Å². The Hall–Kier alpha value is -1.84. The van der Waals surface area contributed by atoms with Crippen LogP contribution < -0.4 is 10.6 Å². The Balaban J connectivity index is 2.64. The standard InChI is InChI=1S/C17H23IN2O5/c1-10(19-16(24)25-17(2,3)4)14(21)20-13(15(22)23)9-11-5-7-12(18)8-6-11/h5-8,10,13H,9H2,1-4H3,(H,19,24)(H,20,21)(H,22,23)/t10-,13+/m1/s1. The first-order valence-electron chi connectivity index (χ1n) is 7.75. The molecule has 2 atom stereocenters. The maximum atomic E-state index is 12.2. The molecule has 0 fully saturated rings. The van der Waals surface area contributed by atoms with E-state index in [0.717, 1.165) is 9.13 Å². The zero-order valence-electron chi connectivity index (χ0n) is 14.6. The van der Waals surface area contributed by atoms with Crippen LogP contribution in [0.15, 0.2) is 24.3 Å². The second-order valence-corrected chi connectivity index (χ2v) is 7.84. The van der Waals surface area contributed by atoms with Gasteiger partial charge in [-0.05, 0) is 68.0 Å². The lowest BCUT2D eigenvalue weighted by molar-refractivity contribution is -0.142. The molecule has 0 aliphatic carbocycles. The SMILES string of the molecule is C[C@@H](NC(=O)OC(C)(C)C)C(=O)N[C@@H](Cc1ccc(I)cc1)C(=O)O. The number of amides is 2. The van der Waals surface area contributed by atoms with Crippen molar-refractivity contribution in [3.63, 3.8) is 0 Å².